The molecule has 2 amide bonds. The Kier molecular flexibility index (Phi) is 8.65. The van der Waals surface area contributed by atoms with Crippen LogP contribution in [0.25, 0.3) is 6.08 Å². The van der Waals surface area contributed by atoms with Gasteiger partial charge in [-0.3, -0.25) is 20.4 Å². The molecule has 0 radical (unpaired) electrons. The van der Waals surface area contributed by atoms with Gasteiger partial charge < -0.3 is 9.47 Å². The minimum atomic E-state index is -0.689. The molecule has 150 valence electrons. The molecule has 2 aromatic carbocycles. The van der Waals surface area contributed by atoms with Gasteiger partial charge in [-0.15, -0.1) is 0 Å². The van der Waals surface area contributed by atoms with Crippen LogP contribution in [0.15, 0.2) is 71.7 Å². The summed E-state index contributed by atoms with van der Waals surface area (Å²) in [6.45, 7) is 3.45. The predicted molar refractivity (Wildman–Crippen MR) is 112 cm³/mol. The highest BCUT2D eigenvalue weighted by molar-refractivity contribution is 9.10. The van der Waals surface area contributed by atoms with Gasteiger partial charge in [-0.1, -0.05) is 40.7 Å². The number of carbonyl (C=O) groups is 3. The third-order valence-corrected chi connectivity index (χ3v) is 3.96. The summed E-state index contributed by atoms with van der Waals surface area (Å²) in [5.41, 5.74) is 5.55. The predicted octanol–water partition coefficient (Wildman–Crippen LogP) is 3.03. The van der Waals surface area contributed by atoms with Crippen molar-refractivity contribution < 1.29 is 23.9 Å². The Morgan fingerprint density at radius 2 is 1.69 bits per heavy atom. The van der Waals surface area contributed by atoms with Gasteiger partial charge in [0.15, 0.2) is 6.61 Å². The minimum absolute atomic E-state index is 0.370. The van der Waals surface area contributed by atoms with Gasteiger partial charge in [-0.05, 0) is 48.0 Å². The highest BCUT2D eigenvalue weighted by Crippen LogP contribution is 2.13. The van der Waals surface area contributed by atoms with Gasteiger partial charge >= 0.3 is 5.97 Å². The van der Waals surface area contributed by atoms with E-state index < -0.39 is 24.4 Å². The molecule has 0 aliphatic rings. The molecule has 0 heterocycles. The van der Waals surface area contributed by atoms with E-state index in [1.165, 1.54) is 6.08 Å². The zero-order valence-electron chi connectivity index (χ0n) is 15.4. The van der Waals surface area contributed by atoms with Crippen molar-refractivity contribution in [2.45, 2.75) is 0 Å². The molecule has 2 N–H and O–H groups in total. The molecule has 0 aromatic heterocycles. The van der Waals surface area contributed by atoms with E-state index >= 15 is 0 Å². The van der Waals surface area contributed by atoms with Crippen LogP contribution in [0, 0.1) is 0 Å². The molecule has 2 rings (SSSR count). The fourth-order valence-electron chi connectivity index (χ4n) is 2.02. The number of benzene rings is 2. The van der Waals surface area contributed by atoms with Crippen molar-refractivity contribution in [2.75, 3.05) is 13.2 Å². The Morgan fingerprint density at radius 3 is 2.34 bits per heavy atom. The maximum absolute atomic E-state index is 11.9. The van der Waals surface area contributed by atoms with E-state index in [4.69, 9.17) is 9.47 Å². The lowest BCUT2D eigenvalue weighted by atomic mass is 10.2. The molecule has 0 aliphatic carbocycles. The first-order chi connectivity index (χ1) is 14.0. The summed E-state index contributed by atoms with van der Waals surface area (Å²) in [6, 6.07) is 13.6. The summed E-state index contributed by atoms with van der Waals surface area (Å²) < 4.78 is 11.0. The van der Waals surface area contributed by atoms with Crippen molar-refractivity contribution >= 4 is 39.8 Å². The number of hydrazine groups is 1. The molecule has 29 heavy (non-hydrogen) atoms. The molecular formula is C21H19BrN2O5. The molecule has 0 atom stereocenters. The Hall–Kier alpha value is -3.39. The molecular weight excluding hydrogens is 440 g/mol. The first-order valence-electron chi connectivity index (χ1n) is 8.51. The summed E-state index contributed by atoms with van der Waals surface area (Å²) in [6.07, 6.45) is 4.40. The summed E-state index contributed by atoms with van der Waals surface area (Å²) in [5.74, 6) is -1.16. The monoisotopic (exact) mass is 458 g/mol. The molecule has 0 fully saturated rings. The smallest absolute Gasteiger partial charge is 0.331 e. The molecule has 0 spiro atoms. The van der Waals surface area contributed by atoms with Crippen LogP contribution in [0.1, 0.15) is 15.9 Å². The maximum Gasteiger partial charge on any atom is 0.331 e. The third-order valence-electron chi connectivity index (χ3n) is 3.43. The number of ether oxygens (including phenoxy) is 2. The fourth-order valence-corrected chi connectivity index (χ4v) is 2.28. The SMILES string of the molecule is C=CCOc1ccc(/C=C/C(=O)OCC(=O)NNC(=O)c2ccc(Br)cc2)cc1. The van der Waals surface area contributed by atoms with Gasteiger partial charge in [-0.25, -0.2) is 4.79 Å². The van der Waals surface area contributed by atoms with Gasteiger partial charge in [-0.2, -0.15) is 0 Å². The summed E-state index contributed by atoms with van der Waals surface area (Å²) in [7, 11) is 0. The summed E-state index contributed by atoms with van der Waals surface area (Å²) in [4.78, 5) is 35.3. The highest BCUT2D eigenvalue weighted by Gasteiger charge is 2.08. The highest BCUT2D eigenvalue weighted by atomic mass is 79.9. The van der Waals surface area contributed by atoms with Crippen LogP contribution in [0.5, 0.6) is 5.75 Å². The average molecular weight is 459 g/mol. The molecule has 8 heteroatoms. The van der Waals surface area contributed by atoms with Crippen LogP contribution >= 0.6 is 15.9 Å². The molecule has 0 saturated carbocycles. The minimum Gasteiger partial charge on any atom is -0.490 e. The molecule has 2 aromatic rings. The van der Waals surface area contributed by atoms with Crippen molar-refractivity contribution in [3.8, 4) is 5.75 Å². The van der Waals surface area contributed by atoms with Gasteiger partial charge in [0, 0.05) is 16.1 Å². The third kappa shape index (κ3) is 8.02. The van der Waals surface area contributed by atoms with Crippen molar-refractivity contribution in [1.82, 2.24) is 10.9 Å². The quantitative estimate of drug-likeness (QED) is 0.274. The molecule has 0 saturated heterocycles. The Bertz CT molecular complexity index is 892. The zero-order valence-corrected chi connectivity index (χ0v) is 17.0. The number of carbonyl (C=O) groups excluding carboxylic acids is 3. The van der Waals surface area contributed by atoms with E-state index in [-0.39, 0.29) is 0 Å². The van der Waals surface area contributed by atoms with Crippen molar-refractivity contribution in [3.05, 3.63) is 82.9 Å². The second kappa shape index (κ2) is 11.5. The Balaban J connectivity index is 1.71. The summed E-state index contributed by atoms with van der Waals surface area (Å²) >= 11 is 3.27. The van der Waals surface area contributed by atoms with E-state index in [2.05, 4.69) is 33.4 Å². The standard InChI is InChI=1S/C21H19BrN2O5/c1-2-13-28-18-10-3-15(4-11-18)5-12-20(26)29-14-19(25)23-24-21(27)16-6-8-17(22)9-7-16/h2-12H,1,13-14H2,(H,23,25)(H,24,27)/b12-5+. The Labute approximate surface area is 176 Å². The van der Waals surface area contributed by atoms with Gasteiger partial charge in [0.2, 0.25) is 0 Å². The van der Waals surface area contributed by atoms with Crippen LogP contribution in [0.3, 0.4) is 0 Å². The second-order valence-corrected chi connectivity index (χ2v) is 6.53. The van der Waals surface area contributed by atoms with Crippen molar-refractivity contribution in [2.24, 2.45) is 0 Å². The van der Waals surface area contributed by atoms with Gasteiger partial charge in [0.25, 0.3) is 11.8 Å². The van der Waals surface area contributed by atoms with Crippen molar-refractivity contribution in [3.63, 3.8) is 0 Å². The van der Waals surface area contributed by atoms with Crippen LogP contribution in [0.4, 0.5) is 0 Å². The van der Waals surface area contributed by atoms with Crippen LogP contribution in [-0.4, -0.2) is 31.0 Å². The number of amides is 2. The lowest BCUT2D eigenvalue weighted by Gasteiger charge is -2.07. The normalized spacial score (nSPS) is 10.2. The van der Waals surface area contributed by atoms with Gasteiger partial charge in [0.1, 0.15) is 12.4 Å². The van der Waals surface area contributed by atoms with E-state index in [1.54, 1.807) is 60.7 Å². The topological polar surface area (TPSA) is 93.7 Å². The molecule has 0 aliphatic heterocycles. The number of hydrogen-bond donors (Lipinski definition) is 2. The van der Waals surface area contributed by atoms with E-state index in [1.807, 2.05) is 0 Å². The molecule has 0 bridgehead atoms. The largest absolute Gasteiger partial charge is 0.490 e. The number of hydrogen-bond acceptors (Lipinski definition) is 5. The first kappa shape index (κ1) is 21.9. The average Bonchev–Trinajstić information content (AvgIpc) is 2.74. The lowest BCUT2D eigenvalue weighted by molar-refractivity contribution is -0.144. The summed E-state index contributed by atoms with van der Waals surface area (Å²) in [5, 5.41) is 0. The van der Waals surface area contributed by atoms with Crippen LogP contribution in [0.2, 0.25) is 0 Å². The zero-order chi connectivity index (χ0) is 21.1. The fraction of sp³-hybridized carbons (Fsp3) is 0.0952. The Morgan fingerprint density at radius 1 is 1.00 bits per heavy atom. The van der Waals surface area contributed by atoms with Crippen molar-refractivity contribution in [1.29, 1.82) is 0 Å². The number of esters is 1. The number of halogens is 1. The first-order valence-corrected chi connectivity index (χ1v) is 9.30. The number of nitrogens with one attached hydrogen (secondary N) is 2. The maximum atomic E-state index is 11.9. The molecule has 7 nitrogen and oxygen atoms in total. The lowest BCUT2D eigenvalue weighted by Crippen LogP contribution is -2.43. The van der Waals surface area contributed by atoms with Gasteiger partial charge in [0.05, 0.1) is 0 Å². The van der Waals surface area contributed by atoms with Crippen LogP contribution in [-0.2, 0) is 14.3 Å². The molecule has 0 unspecified atom stereocenters. The van der Waals surface area contributed by atoms with E-state index in [9.17, 15) is 14.4 Å². The van der Waals surface area contributed by atoms with E-state index in [0.29, 0.717) is 17.9 Å². The second-order valence-electron chi connectivity index (χ2n) is 5.62. The van der Waals surface area contributed by atoms with E-state index in [0.717, 1.165) is 10.0 Å². The number of rotatable bonds is 8. The van der Waals surface area contributed by atoms with Crippen LogP contribution < -0.4 is 15.6 Å².